The molecule has 5 heteroatoms. The van der Waals surface area contributed by atoms with Crippen molar-refractivity contribution in [3.8, 4) is 0 Å². The summed E-state index contributed by atoms with van der Waals surface area (Å²) in [6.07, 6.45) is -3.00. The van der Waals surface area contributed by atoms with Gasteiger partial charge in [0.15, 0.2) is 0 Å². The highest BCUT2D eigenvalue weighted by atomic mass is 19.3. The molecule has 15 heavy (non-hydrogen) atoms. The van der Waals surface area contributed by atoms with Gasteiger partial charge in [-0.25, -0.2) is 0 Å². The van der Waals surface area contributed by atoms with Crippen LogP contribution in [0.5, 0.6) is 0 Å². The monoisotopic (exact) mass is 215 g/mol. The van der Waals surface area contributed by atoms with Gasteiger partial charge >= 0.3 is 6.43 Å². The summed E-state index contributed by atoms with van der Waals surface area (Å²) >= 11 is 0. The number of methoxy groups -OCH3 is 1. The number of carbonyl (C=O) groups is 1. The zero-order valence-corrected chi connectivity index (χ0v) is 8.17. The van der Waals surface area contributed by atoms with Crippen molar-refractivity contribution in [3.05, 3.63) is 29.8 Å². The number of alkyl halides is 2. The third kappa shape index (κ3) is 3.63. The summed E-state index contributed by atoms with van der Waals surface area (Å²) in [4.78, 5) is 10.7. The van der Waals surface area contributed by atoms with E-state index in [1.807, 2.05) is 0 Å². The number of carbonyl (C=O) groups excluding carboxylic acids is 1. The second kappa shape index (κ2) is 5.41. The molecule has 0 saturated heterocycles. The summed E-state index contributed by atoms with van der Waals surface area (Å²) in [7, 11) is 1.53. The molecule has 0 unspecified atom stereocenters. The molecule has 0 saturated carbocycles. The van der Waals surface area contributed by atoms with E-state index in [2.05, 4.69) is 5.32 Å². The Morgan fingerprint density at radius 1 is 1.53 bits per heavy atom. The molecule has 0 bridgehead atoms. The van der Waals surface area contributed by atoms with Crippen LogP contribution in [0.25, 0.3) is 0 Å². The number of ether oxygens (including phenoxy) is 1. The summed E-state index contributed by atoms with van der Waals surface area (Å²) < 4.78 is 28.7. The van der Waals surface area contributed by atoms with Gasteiger partial charge in [0.25, 0.3) is 5.91 Å². The highest BCUT2D eigenvalue weighted by molar-refractivity contribution is 5.93. The topological polar surface area (TPSA) is 38.3 Å². The van der Waals surface area contributed by atoms with E-state index in [1.165, 1.54) is 7.11 Å². The Labute approximate surface area is 86.0 Å². The Hall–Kier alpha value is -1.49. The van der Waals surface area contributed by atoms with Crippen LogP contribution in [0.15, 0.2) is 24.3 Å². The maximum Gasteiger partial charge on any atom is 0.315 e. The summed E-state index contributed by atoms with van der Waals surface area (Å²) in [5, 5.41) is 2.10. The number of benzene rings is 1. The lowest BCUT2D eigenvalue weighted by atomic mass is 10.2. The molecule has 0 aliphatic carbocycles. The van der Waals surface area contributed by atoms with Crippen molar-refractivity contribution < 1.29 is 18.3 Å². The smallest absolute Gasteiger partial charge is 0.315 e. The fraction of sp³-hybridized carbons (Fsp3) is 0.300. The largest absolute Gasteiger partial charge is 0.380 e. The molecule has 0 aromatic heterocycles. The second-order valence-electron chi connectivity index (χ2n) is 2.92. The van der Waals surface area contributed by atoms with Crippen molar-refractivity contribution >= 4 is 11.6 Å². The van der Waals surface area contributed by atoms with Gasteiger partial charge in [-0.1, -0.05) is 12.1 Å². The van der Waals surface area contributed by atoms with E-state index >= 15 is 0 Å². The minimum atomic E-state index is -3.00. The molecule has 1 aromatic carbocycles. The lowest BCUT2D eigenvalue weighted by molar-refractivity contribution is -0.126. The van der Waals surface area contributed by atoms with E-state index in [1.54, 1.807) is 24.3 Å². The Kier molecular flexibility index (Phi) is 4.17. The molecule has 0 aliphatic heterocycles. The van der Waals surface area contributed by atoms with Crippen LogP contribution in [-0.4, -0.2) is 19.4 Å². The maximum absolute atomic E-state index is 11.9. The third-order valence-corrected chi connectivity index (χ3v) is 1.70. The first-order valence-electron chi connectivity index (χ1n) is 4.30. The lowest BCUT2D eigenvalue weighted by Crippen LogP contribution is -2.20. The van der Waals surface area contributed by atoms with Crippen molar-refractivity contribution in [1.29, 1.82) is 0 Å². The first kappa shape index (κ1) is 11.6. The lowest BCUT2D eigenvalue weighted by Gasteiger charge is -2.06. The highest BCUT2D eigenvalue weighted by Crippen LogP contribution is 2.12. The van der Waals surface area contributed by atoms with Gasteiger partial charge in [-0.05, 0) is 17.7 Å². The Balaban J connectivity index is 2.69. The van der Waals surface area contributed by atoms with Crippen molar-refractivity contribution in [2.24, 2.45) is 0 Å². The minimum Gasteiger partial charge on any atom is -0.380 e. The zero-order chi connectivity index (χ0) is 11.3. The van der Waals surface area contributed by atoms with Crippen LogP contribution in [0.2, 0.25) is 0 Å². The molecule has 0 radical (unpaired) electrons. The van der Waals surface area contributed by atoms with E-state index in [0.717, 1.165) is 5.56 Å². The number of rotatable bonds is 4. The van der Waals surface area contributed by atoms with Crippen molar-refractivity contribution in [3.63, 3.8) is 0 Å². The average Bonchev–Trinajstić information content (AvgIpc) is 2.18. The summed E-state index contributed by atoms with van der Waals surface area (Å²) in [5.41, 5.74) is 1.15. The molecule has 1 amide bonds. The Morgan fingerprint density at radius 2 is 2.27 bits per heavy atom. The number of amides is 1. The van der Waals surface area contributed by atoms with Gasteiger partial charge in [-0.2, -0.15) is 8.78 Å². The van der Waals surface area contributed by atoms with Gasteiger partial charge in [-0.15, -0.1) is 0 Å². The Bertz CT molecular complexity index is 342. The number of nitrogens with one attached hydrogen (secondary N) is 1. The molecule has 0 spiro atoms. The van der Waals surface area contributed by atoms with Gasteiger partial charge in [0.1, 0.15) is 0 Å². The third-order valence-electron chi connectivity index (χ3n) is 1.70. The van der Waals surface area contributed by atoms with E-state index in [-0.39, 0.29) is 0 Å². The zero-order valence-electron chi connectivity index (χ0n) is 8.17. The van der Waals surface area contributed by atoms with Crippen LogP contribution in [0.4, 0.5) is 14.5 Å². The standard InChI is InChI=1S/C10H11F2NO2/c1-15-6-7-3-2-4-8(5-7)13-10(14)9(11)12/h2-5,9H,6H2,1H3,(H,13,14). The highest BCUT2D eigenvalue weighted by Gasteiger charge is 2.14. The fourth-order valence-corrected chi connectivity index (χ4v) is 1.10. The fourth-order valence-electron chi connectivity index (χ4n) is 1.10. The first-order chi connectivity index (χ1) is 7.13. The minimum absolute atomic E-state index is 0.342. The molecule has 1 N–H and O–H groups in total. The average molecular weight is 215 g/mol. The van der Waals surface area contributed by atoms with Crippen LogP contribution < -0.4 is 5.32 Å². The normalized spacial score (nSPS) is 10.4. The van der Waals surface area contributed by atoms with Crippen LogP contribution in [0, 0.1) is 0 Å². The van der Waals surface area contributed by atoms with Crippen LogP contribution in [0.3, 0.4) is 0 Å². The molecule has 1 aromatic rings. The molecular weight excluding hydrogens is 204 g/mol. The number of hydrogen-bond donors (Lipinski definition) is 1. The van der Waals surface area contributed by atoms with E-state index in [0.29, 0.717) is 12.3 Å². The van der Waals surface area contributed by atoms with Crippen LogP contribution in [0.1, 0.15) is 5.56 Å². The quantitative estimate of drug-likeness (QED) is 0.834. The molecule has 0 atom stereocenters. The van der Waals surface area contributed by atoms with Crippen LogP contribution in [-0.2, 0) is 16.1 Å². The molecule has 0 fully saturated rings. The van der Waals surface area contributed by atoms with Gasteiger partial charge in [0, 0.05) is 12.8 Å². The maximum atomic E-state index is 11.9. The van der Waals surface area contributed by atoms with Crippen molar-refractivity contribution in [2.75, 3.05) is 12.4 Å². The predicted molar refractivity (Wildman–Crippen MR) is 51.8 cm³/mol. The SMILES string of the molecule is COCc1cccc(NC(=O)C(F)F)c1. The van der Waals surface area contributed by atoms with E-state index in [9.17, 15) is 13.6 Å². The molecular formula is C10H11F2NO2. The molecule has 1 rings (SSSR count). The van der Waals surface area contributed by atoms with Crippen LogP contribution >= 0.6 is 0 Å². The summed E-state index contributed by atoms with van der Waals surface area (Å²) in [6.45, 7) is 0.373. The predicted octanol–water partition coefficient (Wildman–Crippen LogP) is 2.04. The molecule has 82 valence electrons. The summed E-state index contributed by atoms with van der Waals surface area (Å²) in [6, 6.07) is 6.57. The Morgan fingerprint density at radius 3 is 2.87 bits per heavy atom. The van der Waals surface area contributed by atoms with E-state index < -0.39 is 12.3 Å². The van der Waals surface area contributed by atoms with Gasteiger partial charge < -0.3 is 10.1 Å². The molecule has 3 nitrogen and oxygen atoms in total. The van der Waals surface area contributed by atoms with E-state index in [4.69, 9.17) is 4.74 Å². The number of halogens is 2. The van der Waals surface area contributed by atoms with Gasteiger partial charge in [0.05, 0.1) is 6.61 Å². The first-order valence-corrected chi connectivity index (χ1v) is 4.30. The number of anilines is 1. The van der Waals surface area contributed by atoms with Crippen molar-refractivity contribution in [1.82, 2.24) is 0 Å². The van der Waals surface area contributed by atoms with Gasteiger partial charge in [-0.3, -0.25) is 4.79 Å². The number of hydrogen-bond acceptors (Lipinski definition) is 2. The van der Waals surface area contributed by atoms with Gasteiger partial charge in [0.2, 0.25) is 0 Å². The second-order valence-corrected chi connectivity index (χ2v) is 2.92. The molecule has 0 aliphatic rings. The summed E-state index contributed by atoms with van der Waals surface area (Å²) in [5.74, 6) is -1.30. The molecule has 0 heterocycles. The van der Waals surface area contributed by atoms with Crippen molar-refractivity contribution in [2.45, 2.75) is 13.0 Å².